The van der Waals surface area contributed by atoms with Gasteiger partial charge in [0.1, 0.15) is 0 Å². The highest BCUT2D eigenvalue weighted by atomic mass is 14.3. The molecular weight excluding hydrogens is 156 g/mol. The molecule has 0 aliphatic heterocycles. The third-order valence-corrected chi connectivity index (χ3v) is 2.50. The molecule has 0 aliphatic carbocycles. The van der Waals surface area contributed by atoms with Crippen LogP contribution in [0.1, 0.15) is 60.8 Å². The van der Waals surface area contributed by atoms with Gasteiger partial charge in [-0.25, -0.2) is 0 Å². The van der Waals surface area contributed by atoms with Crippen molar-refractivity contribution in [3.05, 3.63) is 12.2 Å². The second kappa shape index (κ2) is 4.83. The molecule has 0 aliphatic rings. The van der Waals surface area contributed by atoms with Crippen molar-refractivity contribution in [2.75, 3.05) is 0 Å². The lowest BCUT2D eigenvalue weighted by Crippen LogP contribution is -2.21. The van der Waals surface area contributed by atoms with Crippen molar-refractivity contribution in [2.45, 2.75) is 60.8 Å². The van der Waals surface area contributed by atoms with Crippen LogP contribution in [0.2, 0.25) is 0 Å². The van der Waals surface area contributed by atoms with Crippen LogP contribution in [0.25, 0.3) is 0 Å². The van der Waals surface area contributed by atoms with Crippen molar-refractivity contribution >= 4 is 0 Å². The molecule has 0 fully saturated rings. The normalized spacial score (nSPS) is 17.7. The first-order valence-electron chi connectivity index (χ1n) is 5.51. The van der Waals surface area contributed by atoms with E-state index in [9.17, 15) is 0 Å². The molecule has 0 amide bonds. The van der Waals surface area contributed by atoms with Gasteiger partial charge < -0.3 is 0 Å². The highest BCUT2D eigenvalue weighted by Gasteiger charge is 2.25. The molecule has 0 heteroatoms. The van der Waals surface area contributed by atoms with Gasteiger partial charge in [-0.3, -0.25) is 0 Å². The van der Waals surface area contributed by atoms with Crippen LogP contribution in [0.4, 0.5) is 0 Å². The summed E-state index contributed by atoms with van der Waals surface area (Å²) in [7, 11) is 0. The van der Waals surface area contributed by atoms with Crippen LogP contribution in [0.15, 0.2) is 12.2 Å². The van der Waals surface area contributed by atoms with Crippen LogP contribution in [0, 0.1) is 10.8 Å². The highest BCUT2D eigenvalue weighted by Crippen LogP contribution is 2.37. The summed E-state index contributed by atoms with van der Waals surface area (Å²) in [5.41, 5.74) is 0.830. The zero-order chi connectivity index (χ0) is 10.5. The van der Waals surface area contributed by atoms with E-state index >= 15 is 0 Å². The average molecular weight is 182 g/mol. The van der Waals surface area contributed by atoms with Crippen molar-refractivity contribution in [2.24, 2.45) is 10.8 Å². The Morgan fingerprint density at radius 3 is 1.85 bits per heavy atom. The zero-order valence-electron chi connectivity index (χ0n) is 10.3. The molecule has 0 aromatic heterocycles. The fourth-order valence-electron chi connectivity index (χ4n) is 1.92. The van der Waals surface area contributed by atoms with Crippen LogP contribution in [-0.4, -0.2) is 0 Å². The smallest absolute Gasteiger partial charge is 0.0144 e. The van der Waals surface area contributed by atoms with Crippen LogP contribution in [0.3, 0.4) is 0 Å². The molecule has 78 valence electrons. The fourth-order valence-corrected chi connectivity index (χ4v) is 1.92. The molecule has 1 unspecified atom stereocenters. The maximum atomic E-state index is 2.40. The van der Waals surface area contributed by atoms with E-state index in [-0.39, 0.29) is 0 Å². The molecule has 1 atom stereocenters. The van der Waals surface area contributed by atoms with Gasteiger partial charge in [-0.15, -0.1) is 0 Å². The summed E-state index contributed by atoms with van der Waals surface area (Å²) in [5.74, 6) is 0. The summed E-state index contributed by atoms with van der Waals surface area (Å²) >= 11 is 0. The predicted molar refractivity (Wildman–Crippen MR) is 61.9 cm³/mol. The molecule has 0 nitrogen and oxygen atoms in total. The number of hydrogen-bond acceptors (Lipinski definition) is 0. The van der Waals surface area contributed by atoms with E-state index < -0.39 is 0 Å². The molecule has 0 N–H and O–H groups in total. The zero-order valence-corrected chi connectivity index (χ0v) is 10.3. The summed E-state index contributed by atoms with van der Waals surface area (Å²) < 4.78 is 0. The Kier molecular flexibility index (Phi) is 4.74. The predicted octanol–water partition coefficient (Wildman–Crippen LogP) is 4.81. The third-order valence-electron chi connectivity index (χ3n) is 2.50. The summed E-state index contributed by atoms with van der Waals surface area (Å²) in [6, 6.07) is 0. The van der Waals surface area contributed by atoms with E-state index in [1.807, 2.05) is 0 Å². The second-order valence-electron chi connectivity index (χ2n) is 5.56. The summed E-state index contributed by atoms with van der Waals surface area (Å²) in [6.45, 7) is 13.8. The van der Waals surface area contributed by atoms with E-state index in [1.54, 1.807) is 0 Å². The molecule has 0 spiro atoms. The molecule has 13 heavy (non-hydrogen) atoms. The highest BCUT2D eigenvalue weighted by molar-refractivity contribution is 4.98. The minimum atomic E-state index is 0.397. The first-order chi connectivity index (χ1) is 5.83. The summed E-state index contributed by atoms with van der Waals surface area (Å²) in [4.78, 5) is 0. The third kappa shape index (κ3) is 5.90. The average Bonchev–Trinajstić information content (AvgIpc) is 1.98. The lowest BCUT2D eigenvalue weighted by molar-refractivity contribution is 0.236. The van der Waals surface area contributed by atoms with Gasteiger partial charge in [0.05, 0.1) is 0 Å². The van der Waals surface area contributed by atoms with Crippen LogP contribution < -0.4 is 0 Å². The molecule has 0 saturated carbocycles. The Labute approximate surface area is 84.4 Å². The van der Waals surface area contributed by atoms with E-state index in [0.717, 1.165) is 6.42 Å². The van der Waals surface area contributed by atoms with E-state index in [2.05, 4.69) is 53.7 Å². The molecule has 0 rings (SSSR count). The van der Waals surface area contributed by atoms with Gasteiger partial charge in [0.2, 0.25) is 0 Å². The maximum absolute atomic E-state index is 2.40. The van der Waals surface area contributed by atoms with Gasteiger partial charge in [0.25, 0.3) is 0 Å². The molecule has 0 aromatic carbocycles. The Morgan fingerprint density at radius 2 is 1.54 bits per heavy atom. The lowest BCUT2D eigenvalue weighted by atomic mass is 9.73. The number of allylic oxidation sites excluding steroid dienone is 2. The van der Waals surface area contributed by atoms with Crippen LogP contribution in [-0.2, 0) is 0 Å². The molecule has 0 heterocycles. The van der Waals surface area contributed by atoms with Gasteiger partial charge in [0, 0.05) is 0 Å². The van der Waals surface area contributed by atoms with Crippen molar-refractivity contribution < 1.29 is 0 Å². The van der Waals surface area contributed by atoms with Gasteiger partial charge in [-0.1, -0.05) is 53.7 Å². The van der Waals surface area contributed by atoms with Gasteiger partial charge >= 0.3 is 0 Å². The van der Waals surface area contributed by atoms with Crippen molar-refractivity contribution in [1.82, 2.24) is 0 Å². The van der Waals surface area contributed by atoms with Crippen LogP contribution >= 0.6 is 0 Å². The number of rotatable bonds is 4. The van der Waals surface area contributed by atoms with E-state index in [0.29, 0.717) is 10.8 Å². The molecular formula is C13H26. The SMILES string of the molecule is CCC=CC(C)(CC)CC(C)(C)C. The largest absolute Gasteiger partial charge is 0.0883 e. The Bertz CT molecular complexity index is 159. The quantitative estimate of drug-likeness (QED) is 0.548. The molecule has 0 bridgehead atoms. The van der Waals surface area contributed by atoms with Gasteiger partial charge in [-0.05, 0) is 30.1 Å². The molecule has 0 radical (unpaired) electrons. The standard InChI is InChI=1S/C13H26/c1-7-9-10-13(6,8-2)11-12(3,4)5/h9-10H,7-8,11H2,1-6H3. The first kappa shape index (κ1) is 12.7. The summed E-state index contributed by atoms with van der Waals surface area (Å²) in [5, 5.41) is 0. The number of hydrogen-bond donors (Lipinski definition) is 0. The minimum absolute atomic E-state index is 0.397. The van der Waals surface area contributed by atoms with E-state index in [4.69, 9.17) is 0 Å². The minimum Gasteiger partial charge on any atom is -0.0883 e. The molecule has 0 saturated heterocycles. The van der Waals surface area contributed by atoms with E-state index in [1.165, 1.54) is 12.8 Å². The lowest BCUT2D eigenvalue weighted by Gasteiger charge is -2.32. The monoisotopic (exact) mass is 182 g/mol. The van der Waals surface area contributed by atoms with Crippen molar-refractivity contribution in [3.8, 4) is 0 Å². The summed E-state index contributed by atoms with van der Waals surface area (Å²) in [6.07, 6.45) is 8.36. The maximum Gasteiger partial charge on any atom is -0.0144 e. The second-order valence-corrected chi connectivity index (χ2v) is 5.56. The fraction of sp³-hybridized carbons (Fsp3) is 0.846. The Hall–Kier alpha value is -0.260. The van der Waals surface area contributed by atoms with Crippen molar-refractivity contribution in [3.63, 3.8) is 0 Å². The Balaban J connectivity index is 4.37. The van der Waals surface area contributed by atoms with Gasteiger partial charge in [0.15, 0.2) is 0 Å². The Morgan fingerprint density at radius 1 is 1.00 bits per heavy atom. The molecule has 0 aromatic rings. The van der Waals surface area contributed by atoms with Gasteiger partial charge in [-0.2, -0.15) is 0 Å². The topological polar surface area (TPSA) is 0 Å². The van der Waals surface area contributed by atoms with Crippen molar-refractivity contribution in [1.29, 1.82) is 0 Å². The van der Waals surface area contributed by atoms with Crippen LogP contribution in [0.5, 0.6) is 0 Å². The first-order valence-corrected chi connectivity index (χ1v) is 5.51.